The highest BCUT2D eigenvalue weighted by atomic mass is 32.1. The predicted molar refractivity (Wildman–Crippen MR) is 125 cm³/mol. The average Bonchev–Trinajstić information content (AvgIpc) is 3.31. The first-order chi connectivity index (χ1) is 15.1. The molecule has 0 amide bonds. The van der Waals surface area contributed by atoms with Crippen LogP contribution in [0.3, 0.4) is 0 Å². The lowest BCUT2D eigenvalue weighted by Gasteiger charge is -2.29. The van der Waals surface area contributed by atoms with Crippen molar-refractivity contribution < 1.29 is 23.7 Å². The summed E-state index contributed by atoms with van der Waals surface area (Å²) in [6, 6.07) is 11.4. The second-order valence-electron chi connectivity index (χ2n) is 7.19. The van der Waals surface area contributed by atoms with Crippen LogP contribution >= 0.6 is 12.2 Å². The number of ether oxygens (including phenoxy) is 5. The number of methoxy groups -OCH3 is 4. The fraction of sp³-hybridized carbons (Fsp3) is 0.435. The van der Waals surface area contributed by atoms with E-state index in [4.69, 9.17) is 35.9 Å². The monoisotopic (exact) mass is 446 g/mol. The number of nitrogens with one attached hydrogen (secondary N) is 1. The maximum absolute atomic E-state index is 5.87. The molecule has 1 fully saturated rings. The van der Waals surface area contributed by atoms with Gasteiger partial charge in [-0.05, 0) is 55.4 Å². The SMILES string of the molecule is COc1ccc(NC(=S)N(Cc2cc(OC)c(OC)cc2OC)CC2CCCO2)cc1. The van der Waals surface area contributed by atoms with Gasteiger partial charge in [-0.1, -0.05) is 0 Å². The van der Waals surface area contributed by atoms with Crippen LogP contribution in [-0.2, 0) is 11.3 Å². The van der Waals surface area contributed by atoms with E-state index >= 15 is 0 Å². The van der Waals surface area contributed by atoms with Crippen molar-refractivity contribution in [3.05, 3.63) is 42.0 Å². The van der Waals surface area contributed by atoms with Crippen LogP contribution in [-0.4, -0.2) is 57.7 Å². The Labute approximate surface area is 189 Å². The fourth-order valence-electron chi connectivity index (χ4n) is 3.55. The van der Waals surface area contributed by atoms with Gasteiger partial charge in [-0.15, -0.1) is 0 Å². The maximum Gasteiger partial charge on any atom is 0.173 e. The number of hydrogen-bond donors (Lipinski definition) is 1. The smallest absolute Gasteiger partial charge is 0.173 e. The van der Waals surface area contributed by atoms with E-state index in [9.17, 15) is 0 Å². The molecule has 8 heteroatoms. The van der Waals surface area contributed by atoms with E-state index in [1.807, 2.05) is 36.4 Å². The van der Waals surface area contributed by atoms with Crippen LogP contribution in [0.1, 0.15) is 18.4 Å². The molecule has 1 unspecified atom stereocenters. The Kier molecular flexibility index (Phi) is 8.20. The van der Waals surface area contributed by atoms with Crippen molar-refractivity contribution in [1.82, 2.24) is 4.90 Å². The van der Waals surface area contributed by atoms with Crippen LogP contribution in [0, 0.1) is 0 Å². The highest BCUT2D eigenvalue weighted by Crippen LogP contribution is 2.35. The van der Waals surface area contributed by atoms with E-state index in [0.717, 1.165) is 36.4 Å². The van der Waals surface area contributed by atoms with Crippen LogP contribution in [0.5, 0.6) is 23.0 Å². The second kappa shape index (κ2) is 11.1. The lowest BCUT2D eigenvalue weighted by molar-refractivity contribution is 0.0903. The lowest BCUT2D eigenvalue weighted by Crippen LogP contribution is -2.39. The molecule has 1 N–H and O–H groups in total. The second-order valence-corrected chi connectivity index (χ2v) is 7.58. The highest BCUT2D eigenvalue weighted by Gasteiger charge is 2.23. The van der Waals surface area contributed by atoms with Crippen molar-refractivity contribution in [3.8, 4) is 23.0 Å². The molecule has 31 heavy (non-hydrogen) atoms. The third kappa shape index (κ3) is 5.92. The van der Waals surface area contributed by atoms with E-state index in [2.05, 4.69) is 10.2 Å². The van der Waals surface area contributed by atoms with Crippen LogP contribution in [0.15, 0.2) is 36.4 Å². The lowest BCUT2D eigenvalue weighted by atomic mass is 10.1. The minimum absolute atomic E-state index is 0.141. The first kappa shape index (κ1) is 23.0. The summed E-state index contributed by atoms with van der Waals surface area (Å²) in [5.74, 6) is 2.77. The summed E-state index contributed by atoms with van der Waals surface area (Å²) >= 11 is 5.77. The van der Waals surface area contributed by atoms with Gasteiger partial charge in [0.2, 0.25) is 0 Å². The molecule has 2 aromatic rings. The Morgan fingerprint density at radius 3 is 2.26 bits per heavy atom. The summed E-state index contributed by atoms with van der Waals surface area (Å²) in [6.07, 6.45) is 2.23. The minimum atomic E-state index is 0.141. The van der Waals surface area contributed by atoms with Crippen molar-refractivity contribution in [2.45, 2.75) is 25.5 Å². The van der Waals surface area contributed by atoms with Gasteiger partial charge in [-0.25, -0.2) is 0 Å². The van der Waals surface area contributed by atoms with Crippen molar-refractivity contribution in [2.24, 2.45) is 0 Å². The molecule has 0 saturated carbocycles. The summed E-state index contributed by atoms with van der Waals surface area (Å²) in [5.41, 5.74) is 1.83. The van der Waals surface area contributed by atoms with Crippen molar-refractivity contribution in [1.29, 1.82) is 0 Å². The van der Waals surface area contributed by atoms with Crippen LogP contribution < -0.4 is 24.3 Å². The highest BCUT2D eigenvalue weighted by molar-refractivity contribution is 7.80. The minimum Gasteiger partial charge on any atom is -0.497 e. The molecule has 0 aromatic heterocycles. The van der Waals surface area contributed by atoms with Gasteiger partial charge in [0.25, 0.3) is 0 Å². The largest absolute Gasteiger partial charge is 0.497 e. The molecule has 168 valence electrons. The molecule has 1 aliphatic heterocycles. The Bertz CT molecular complexity index is 869. The zero-order valence-electron chi connectivity index (χ0n) is 18.5. The van der Waals surface area contributed by atoms with E-state index in [-0.39, 0.29) is 6.10 Å². The summed E-state index contributed by atoms with van der Waals surface area (Å²) in [6.45, 7) is 2.00. The van der Waals surface area contributed by atoms with Gasteiger partial charge in [0.15, 0.2) is 16.6 Å². The Balaban J connectivity index is 1.83. The van der Waals surface area contributed by atoms with Crippen LogP contribution in [0.25, 0.3) is 0 Å². The van der Waals surface area contributed by atoms with E-state index in [1.54, 1.807) is 28.4 Å². The van der Waals surface area contributed by atoms with Gasteiger partial charge in [0.05, 0.1) is 34.5 Å². The molecular weight excluding hydrogens is 416 g/mol. The molecule has 7 nitrogen and oxygen atoms in total. The van der Waals surface area contributed by atoms with Gasteiger partial charge in [-0.3, -0.25) is 0 Å². The maximum atomic E-state index is 5.87. The summed E-state index contributed by atoms with van der Waals surface area (Å²) in [5, 5.41) is 3.93. The summed E-state index contributed by atoms with van der Waals surface area (Å²) < 4.78 is 27.6. The number of rotatable bonds is 9. The molecule has 0 spiro atoms. The summed E-state index contributed by atoms with van der Waals surface area (Å²) in [4.78, 5) is 2.10. The van der Waals surface area contributed by atoms with Crippen LogP contribution in [0.2, 0.25) is 0 Å². The Morgan fingerprint density at radius 2 is 1.68 bits per heavy atom. The van der Waals surface area contributed by atoms with E-state index in [0.29, 0.717) is 35.5 Å². The molecule has 3 rings (SSSR count). The summed E-state index contributed by atoms with van der Waals surface area (Å²) in [7, 11) is 6.51. The molecule has 1 aliphatic rings. The Morgan fingerprint density at radius 1 is 1.00 bits per heavy atom. The third-order valence-corrected chi connectivity index (χ3v) is 5.58. The van der Waals surface area contributed by atoms with E-state index in [1.165, 1.54) is 0 Å². The molecule has 1 atom stereocenters. The zero-order valence-corrected chi connectivity index (χ0v) is 19.3. The van der Waals surface area contributed by atoms with Crippen molar-refractivity contribution in [3.63, 3.8) is 0 Å². The predicted octanol–water partition coefficient (Wildman–Crippen LogP) is 4.10. The first-order valence-electron chi connectivity index (χ1n) is 10.2. The average molecular weight is 447 g/mol. The van der Waals surface area contributed by atoms with Gasteiger partial charge < -0.3 is 33.9 Å². The molecule has 1 heterocycles. The zero-order chi connectivity index (χ0) is 22.2. The Hall–Kier alpha value is -2.71. The number of anilines is 1. The number of nitrogens with zero attached hydrogens (tertiary/aromatic N) is 1. The van der Waals surface area contributed by atoms with Crippen molar-refractivity contribution in [2.75, 3.05) is 46.9 Å². The molecular formula is C23H30N2O5S. The van der Waals surface area contributed by atoms with E-state index < -0.39 is 0 Å². The molecule has 2 aromatic carbocycles. The van der Waals surface area contributed by atoms with Gasteiger partial charge in [0, 0.05) is 37.0 Å². The third-order valence-electron chi connectivity index (χ3n) is 5.22. The molecule has 1 saturated heterocycles. The van der Waals surface area contributed by atoms with Gasteiger partial charge in [-0.2, -0.15) is 0 Å². The number of benzene rings is 2. The number of hydrogen-bond acceptors (Lipinski definition) is 6. The fourth-order valence-corrected chi connectivity index (χ4v) is 3.81. The molecule has 0 bridgehead atoms. The van der Waals surface area contributed by atoms with Gasteiger partial charge in [0.1, 0.15) is 11.5 Å². The number of thiocarbonyl (C=S) groups is 1. The quantitative estimate of drug-likeness (QED) is 0.578. The molecule has 0 aliphatic carbocycles. The standard InChI is InChI=1S/C23H30N2O5S/c1-26-18-9-7-17(8-10-18)24-23(31)25(15-19-6-5-11-30-19)14-16-12-21(28-3)22(29-4)13-20(16)27-2/h7-10,12-13,19H,5-6,11,14-15H2,1-4H3,(H,24,31). The normalized spacial score (nSPS) is 15.3. The first-order valence-corrected chi connectivity index (χ1v) is 10.6. The van der Waals surface area contributed by atoms with Crippen LogP contribution in [0.4, 0.5) is 5.69 Å². The molecule has 0 radical (unpaired) electrons. The topological polar surface area (TPSA) is 61.4 Å². The van der Waals surface area contributed by atoms with Crippen molar-refractivity contribution >= 4 is 23.0 Å². The van der Waals surface area contributed by atoms with Gasteiger partial charge >= 0.3 is 0 Å².